The van der Waals surface area contributed by atoms with Crippen LogP contribution < -0.4 is 9.47 Å². The van der Waals surface area contributed by atoms with Crippen molar-refractivity contribution in [3.05, 3.63) is 24.4 Å². The molecule has 2 aromatic rings. The second-order valence-electron chi connectivity index (χ2n) is 3.43. The summed E-state index contributed by atoms with van der Waals surface area (Å²) in [5.74, 6) is 1.33. The third kappa shape index (κ3) is 2.62. The van der Waals surface area contributed by atoms with Crippen molar-refractivity contribution in [3.8, 4) is 11.5 Å². The summed E-state index contributed by atoms with van der Waals surface area (Å²) in [5, 5.41) is 8.81. The van der Waals surface area contributed by atoms with Gasteiger partial charge in [-0.3, -0.25) is 0 Å². The van der Waals surface area contributed by atoms with Crippen molar-refractivity contribution in [2.75, 3.05) is 27.4 Å². The van der Waals surface area contributed by atoms with E-state index in [9.17, 15) is 0 Å². The van der Waals surface area contributed by atoms with Gasteiger partial charge >= 0.3 is 0 Å². The monoisotopic (exact) mass is 234 g/mol. The molecule has 2 rings (SSSR count). The number of rotatable bonds is 5. The average Bonchev–Trinajstić information content (AvgIpc) is 2.38. The van der Waals surface area contributed by atoms with E-state index in [2.05, 4.69) is 10.2 Å². The van der Waals surface area contributed by atoms with Gasteiger partial charge in [0.15, 0.2) is 11.5 Å². The maximum Gasteiger partial charge on any atom is 0.162 e. The Bertz CT molecular complexity index is 502. The van der Waals surface area contributed by atoms with E-state index < -0.39 is 0 Å². The van der Waals surface area contributed by atoms with E-state index >= 15 is 0 Å². The van der Waals surface area contributed by atoms with Gasteiger partial charge in [0.25, 0.3) is 0 Å². The van der Waals surface area contributed by atoms with Crippen LogP contribution in [0.25, 0.3) is 10.9 Å². The van der Waals surface area contributed by atoms with Crippen molar-refractivity contribution >= 4 is 10.9 Å². The van der Waals surface area contributed by atoms with Crippen LogP contribution in [-0.4, -0.2) is 37.6 Å². The molecule has 0 amide bonds. The Morgan fingerprint density at radius 1 is 1.12 bits per heavy atom. The van der Waals surface area contributed by atoms with Crippen LogP contribution in [0.4, 0.5) is 0 Å². The highest BCUT2D eigenvalue weighted by Crippen LogP contribution is 2.31. The summed E-state index contributed by atoms with van der Waals surface area (Å²) >= 11 is 0. The maximum atomic E-state index is 5.58. The number of nitrogens with zero attached hydrogens (tertiary/aromatic N) is 2. The summed E-state index contributed by atoms with van der Waals surface area (Å²) in [4.78, 5) is 0. The van der Waals surface area contributed by atoms with Gasteiger partial charge in [-0.25, -0.2) is 0 Å². The highest BCUT2D eigenvalue weighted by Gasteiger charge is 2.07. The predicted octanol–water partition coefficient (Wildman–Crippen LogP) is 1.66. The predicted molar refractivity (Wildman–Crippen MR) is 63.5 cm³/mol. The van der Waals surface area contributed by atoms with E-state index in [-0.39, 0.29) is 0 Å². The van der Waals surface area contributed by atoms with Gasteiger partial charge in [-0.2, -0.15) is 10.2 Å². The molecule has 0 aliphatic rings. The summed E-state index contributed by atoms with van der Waals surface area (Å²) in [7, 11) is 3.23. The van der Waals surface area contributed by atoms with E-state index in [1.807, 2.05) is 18.2 Å². The number of benzene rings is 1. The number of aromatic nitrogens is 2. The quantitative estimate of drug-likeness (QED) is 0.736. The van der Waals surface area contributed by atoms with Gasteiger partial charge in [0, 0.05) is 18.6 Å². The summed E-state index contributed by atoms with van der Waals surface area (Å²) in [6.45, 7) is 1.02. The molecular formula is C12H14N2O3. The van der Waals surface area contributed by atoms with Crippen LogP contribution >= 0.6 is 0 Å². The minimum Gasteiger partial charge on any atom is -0.493 e. The van der Waals surface area contributed by atoms with Gasteiger partial charge in [-0.15, -0.1) is 0 Å². The first kappa shape index (κ1) is 11.6. The smallest absolute Gasteiger partial charge is 0.162 e. The highest BCUT2D eigenvalue weighted by molar-refractivity contribution is 5.81. The topological polar surface area (TPSA) is 53.5 Å². The molecular weight excluding hydrogens is 220 g/mol. The Morgan fingerprint density at radius 2 is 2.00 bits per heavy atom. The summed E-state index contributed by atoms with van der Waals surface area (Å²) in [6, 6.07) is 5.58. The van der Waals surface area contributed by atoms with E-state index in [1.165, 1.54) is 0 Å². The molecule has 0 unspecified atom stereocenters. The van der Waals surface area contributed by atoms with Crippen LogP contribution in [0.2, 0.25) is 0 Å². The Balaban J connectivity index is 2.32. The fourth-order valence-electron chi connectivity index (χ4n) is 1.50. The summed E-state index contributed by atoms with van der Waals surface area (Å²) in [6.07, 6.45) is 1.65. The molecule has 1 aromatic heterocycles. The number of hydrogen-bond acceptors (Lipinski definition) is 5. The van der Waals surface area contributed by atoms with Crippen molar-refractivity contribution in [2.45, 2.75) is 0 Å². The lowest BCUT2D eigenvalue weighted by atomic mass is 10.2. The zero-order valence-corrected chi connectivity index (χ0v) is 9.84. The summed E-state index contributed by atoms with van der Waals surface area (Å²) in [5.41, 5.74) is 0.781. The van der Waals surface area contributed by atoms with Crippen LogP contribution in [0.5, 0.6) is 11.5 Å². The fraction of sp³-hybridized carbons (Fsp3) is 0.333. The number of ether oxygens (including phenoxy) is 3. The number of fused-ring (bicyclic) bond motifs is 1. The lowest BCUT2D eigenvalue weighted by molar-refractivity contribution is 0.144. The van der Waals surface area contributed by atoms with E-state index in [4.69, 9.17) is 14.2 Å². The minimum atomic E-state index is 0.483. The molecule has 0 atom stereocenters. The Labute approximate surface area is 99.3 Å². The molecule has 0 bridgehead atoms. The molecule has 0 spiro atoms. The Morgan fingerprint density at radius 3 is 2.76 bits per heavy atom. The van der Waals surface area contributed by atoms with Gasteiger partial charge in [0.1, 0.15) is 6.61 Å². The molecule has 0 radical (unpaired) electrons. The van der Waals surface area contributed by atoms with Crippen LogP contribution in [0.1, 0.15) is 0 Å². The summed E-state index contributed by atoms with van der Waals surface area (Å²) < 4.78 is 15.8. The van der Waals surface area contributed by atoms with Crippen LogP contribution in [-0.2, 0) is 4.74 Å². The molecule has 0 aliphatic heterocycles. The molecule has 5 heteroatoms. The molecule has 90 valence electrons. The Kier molecular flexibility index (Phi) is 3.72. The van der Waals surface area contributed by atoms with Gasteiger partial charge in [0.2, 0.25) is 0 Å². The minimum absolute atomic E-state index is 0.483. The normalized spacial score (nSPS) is 10.5. The second kappa shape index (κ2) is 5.45. The lowest BCUT2D eigenvalue weighted by Gasteiger charge is -2.11. The molecule has 0 fully saturated rings. The van der Waals surface area contributed by atoms with E-state index in [0.29, 0.717) is 24.7 Å². The zero-order valence-electron chi connectivity index (χ0n) is 9.84. The molecule has 0 saturated carbocycles. The first-order valence-electron chi connectivity index (χ1n) is 5.26. The van der Waals surface area contributed by atoms with Crippen molar-refractivity contribution in [1.82, 2.24) is 10.2 Å². The average molecular weight is 234 g/mol. The molecule has 0 aliphatic carbocycles. The van der Waals surface area contributed by atoms with Gasteiger partial charge in [-0.05, 0) is 12.1 Å². The van der Waals surface area contributed by atoms with Crippen LogP contribution in [0.15, 0.2) is 24.4 Å². The standard InChI is InChI=1S/C12H14N2O3/c1-15-5-6-17-12-7-9-3-4-13-14-10(9)8-11(12)16-2/h3-4,7-8H,5-6H2,1-2H3. The first-order valence-corrected chi connectivity index (χ1v) is 5.26. The van der Waals surface area contributed by atoms with Crippen LogP contribution in [0, 0.1) is 0 Å². The Hall–Kier alpha value is -1.88. The van der Waals surface area contributed by atoms with Gasteiger partial charge in [0.05, 0.1) is 25.4 Å². The third-order valence-corrected chi connectivity index (χ3v) is 2.34. The second-order valence-corrected chi connectivity index (χ2v) is 3.43. The van der Waals surface area contributed by atoms with Gasteiger partial charge < -0.3 is 14.2 Å². The SMILES string of the molecule is COCCOc1cc2ccnnc2cc1OC. The molecule has 17 heavy (non-hydrogen) atoms. The molecule has 1 aromatic carbocycles. The zero-order chi connectivity index (χ0) is 12.1. The largest absolute Gasteiger partial charge is 0.493 e. The number of hydrogen-bond donors (Lipinski definition) is 0. The van der Waals surface area contributed by atoms with E-state index in [0.717, 1.165) is 10.9 Å². The molecule has 0 saturated heterocycles. The molecule has 1 heterocycles. The van der Waals surface area contributed by atoms with Crippen LogP contribution in [0.3, 0.4) is 0 Å². The maximum absolute atomic E-state index is 5.58. The van der Waals surface area contributed by atoms with Crippen molar-refractivity contribution in [3.63, 3.8) is 0 Å². The van der Waals surface area contributed by atoms with Crippen molar-refractivity contribution in [1.29, 1.82) is 0 Å². The molecule has 0 N–H and O–H groups in total. The fourth-order valence-corrected chi connectivity index (χ4v) is 1.50. The van der Waals surface area contributed by atoms with Gasteiger partial charge in [-0.1, -0.05) is 0 Å². The third-order valence-electron chi connectivity index (χ3n) is 2.34. The van der Waals surface area contributed by atoms with Crippen molar-refractivity contribution in [2.24, 2.45) is 0 Å². The molecule has 5 nitrogen and oxygen atoms in total. The lowest BCUT2D eigenvalue weighted by Crippen LogP contribution is -2.05. The van der Waals surface area contributed by atoms with E-state index in [1.54, 1.807) is 20.4 Å². The first-order chi connectivity index (χ1) is 8.35. The number of methoxy groups -OCH3 is 2. The van der Waals surface area contributed by atoms with Crippen molar-refractivity contribution < 1.29 is 14.2 Å². The highest BCUT2D eigenvalue weighted by atomic mass is 16.5.